The third kappa shape index (κ3) is 18.0. The van der Waals surface area contributed by atoms with E-state index in [0.29, 0.717) is 91.3 Å². The Labute approximate surface area is 416 Å². The van der Waals surface area contributed by atoms with Crippen molar-refractivity contribution < 1.29 is 15.3 Å². The topological polar surface area (TPSA) is 127 Å². The van der Waals surface area contributed by atoms with Crippen LogP contribution in [0.2, 0.25) is 0 Å². The van der Waals surface area contributed by atoms with Gasteiger partial charge in [0.1, 0.15) is 17.2 Å². The Kier molecular flexibility index (Phi) is 22.9. The van der Waals surface area contributed by atoms with Gasteiger partial charge in [-0.3, -0.25) is 0 Å². The van der Waals surface area contributed by atoms with E-state index >= 15 is 0 Å². The van der Waals surface area contributed by atoms with Crippen LogP contribution in [0.15, 0.2) is 50.8 Å². The maximum absolute atomic E-state index is 15.0. The molecule has 0 unspecified atom stereocenters. The van der Waals surface area contributed by atoms with Crippen molar-refractivity contribution in [3.8, 4) is 17.2 Å². The minimum Gasteiger partial charge on any atom is -0.507 e. The lowest BCUT2D eigenvalue weighted by molar-refractivity contribution is 0.451. The molecule has 0 radical (unpaired) electrons. The Morgan fingerprint density at radius 1 is 0.319 bits per heavy atom. The van der Waals surface area contributed by atoms with Gasteiger partial charge in [-0.05, 0) is 163 Å². The summed E-state index contributed by atoms with van der Waals surface area (Å²) in [4.78, 5) is 44.9. The molecule has 69 heavy (non-hydrogen) atoms. The number of phenols is 3. The highest BCUT2D eigenvalue weighted by atomic mass is 16.3. The van der Waals surface area contributed by atoms with Crippen LogP contribution in [0.4, 0.5) is 0 Å². The SMILES string of the molecule is CC(C)CCCc1cc(Cn2c(=O)n(Cc3cc(CCCC(C)C)c(O)c(CCCC(C)C)c3)c(=O)n(Cc3cc(CCCC(C)C)c(O)c(CCCC(C)C)c3)c2=O)cc(CCCC(C)C)c1O. The number of benzene rings is 3. The predicted molar refractivity (Wildman–Crippen MR) is 288 cm³/mol. The quantitative estimate of drug-likeness (QED) is 0.0478. The summed E-state index contributed by atoms with van der Waals surface area (Å²) in [5, 5.41) is 34.8. The van der Waals surface area contributed by atoms with Crippen LogP contribution >= 0.6 is 0 Å². The second-order valence-electron chi connectivity index (χ2n) is 23.1. The first-order valence-electron chi connectivity index (χ1n) is 27.1. The lowest BCUT2D eigenvalue weighted by Crippen LogP contribution is -2.54. The van der Waals surface area contributed by atoms with Crippen LogP contribution in [0.1, 0.15) is 210 Å². The van der Waals surface area contributed by atoms with Gasteiger partial charge in [0.05, 0.1) is 19.6 Å². The van der Waals surface area contributed by atoms with E-state index in [4.69, 9.17) is 0 Å². The van der Waals surface area contributed by atoms with E-state index in [1.165, 1.54) is 13.7 Å². The standard InChI is InChI=1S/C60H93N3O6/c1-40(2)19-13-25-49-31-46(32-50(55(49)64)26-14-20-41(3)4)37-61-58(67)62(38-47-33-51(27-15-21-42(5)6)56(65)52(34-47)28-16-22-43(7)8)60(69)63(59(61)68)39-48-35-53(29-17-23-44(9)10)57(66)54(36-48)30-18-24-45(11)12/h31-36,40-45,64-66H,13-30,37-39H2,1-12H3. The molecule has 4 aromatic rings. The van der Waals surface area contributed by atoms with Crippen LogP contribution < -0.4 is 17.1 Å². The molecule has 384 valence electrons. The van der Waals surface area contributed by atoms with Crippen molar-refractivity contribution in [3.63, 3.8) is 0 Å². The molecule has 1 aromatic heterocycles. The molecule has 9 heteroatoms. The smallest absolute Gasteiger partial charge is 0.336 e. The van der Waals surface area contributed by atoms with Crippen LogP contribution in [0.3, 0.4) is 0 Å². The fourth-order valence-electron chi connectivity index (χ4n) is 9.75. The maximum Gasteiger partial charge on any atom is 0.336 e. The van der Waals surface area contributed by atoms with Gasteiger partial charge in [0.15, 0.2) is 0 Å². The second-order valence-corrected chi connectivity index (χ2v) is 23.1. The lowest BCUT2D eigenvalue weighted by Gasteiger charge is -2.19. The molecule has 0 spiro atoms. The third-order valence-electron chi connectivity index (χ3n) is 13.8. The molecule has 3 aromatic carbocycles. The van der Waals surface area contributed by atoms with Crippen LogP contribution in [-0.4, -0.2) is 29.0 Å². The van der Waals surface area contributed by atoms with Crippen LogP contribution in [0.5, 0.6) is 17.2 Å². The first-order valence-corrected chi connectivity index (χ1v) is 27.1. The van der Waals surface area contributed by atoms with Gasteiger partial charge >= 0.3 is 17.1 Å². The number of aromatic hydroxyl groups is 3. The largest absolute Gasteiger partial charge is 0.507 e. The van der Waals surface area contributed by atoms with Gasteiger partial charge in [0, 0.05) is 0 Å². The fraction of sp³-hybridized carbons (Fsp3) is 0.650. The number of rotatable bonds is 30. The first kappa shape index (κ1) is 57.1. The molecule has 9 nitrogen and oxygen atoms in total. The van der Waals surface area contributed by atoms with Gasteiger partial charge in [-0.1, -0.05) is 158 Å². The van der Waals surface area contributed by atoms with Crippen LogP contribution in [0, 0.1) is 35.5 Å². The number of hydrogen-bond donors (Lipinski definition) is 3. The van der Waals surface area contributed by atoms with E-state index in [-0.39, 0.29) is 19.6 Å². The Balaban J connectivity index is 1.96. The number of aromatic nitrogens is 3. The highest BCUT2D eigenvalue weighted by Crippen LogP contribution is 2.32. The van der Waals surface area contributed by atoms with Crippen molar-refractivity contribution in [2.24, 2.45) is 35.5 Å². The minimum atomic E-state index is -0.692. The normalized spacial score (nSPS) is 12.1. The maximum atomic E-state index is 15.0. The van der Waals surface area contributed by atoms with E-state index in [1.807, 2.05) is 36.4 Å². The molecule has 3 N–H and O–H groups in total. The second kappa shape index (κ2) is 27.8. The molecule has 0 atom stereocenters. The van der Waals surface area contributed by atoms with Crippen LogP contribution in [0.25, 0.3) is 0 Å². The van der Waals surface area contributed by atoms with Crippen molar-refractivity contribution >= 4 is 0 Å². The first-order chi connectivity index (χ1) is 32.6. The molecule has 0 saturated carbocycles. The van der Waals surface area contributed by atoms with Crippen molar-refractivity contribution in [2.45, 2.75) is 218 Å². The van der Waals surface area contributed by atoms with E-state index in [0.717, 1.165) is 127 Å². The van der Waals surface area contributed by atoms with Crippen molar-refractivity contribution in [2.75, 3.05) is 0 Å². The molecule has 4 rings (SSSR count). The Morgan fingerprint density at radius 2 is 0.478 bits per heavy atom. The monoisotopic (exact) mass is 952 g/mol. The van der Waals surface area contributed by atoms with Gasteiger partial charge < -0.3 is 15.3 Å². The zero-order valence-electron chi connectivity index (χ0n) is 45.2. The van der Waals surface area contributed by atoms with E-state index < -0.39 is 17.1 Å². The average molecular weight is 952 g/mol. The highest BCUT2D eigenvalue weighted by Gasteiger charge is 2.22. The summed E-state index contributed by atoms with van der Waals surface area (Å²) in [6, 6.07) is 11.6. The van der Waals surface area contributed by atoms with E-state index in [1.54, 1.807) is 0 Å². The summed E-state index contributed by atoms with van der Waals surface area (Å²) >= 11 is 0. The number of aryl methyl sites for hydroxylation is 6. The number of phenolic OH excluding ortho intramolecular Hbond substituents is 3. The zero-order chi connectivity index (χ0) is 50.9. The molecule has 0 aliphatic rings. The summed E-state index contributed by atoms with van der Waals surface area (Å²) in [6.45, 7) is 26.1. The predicted octanol–water partition coefficient (Wildman–Crippen LogP) is 13.3. The molecule has 0 bridgehead atoms. The van der Waals surface area contributed by atoms with Gasteiger partial charge in [-0.2, -0.15) is 0 Å². The Bertz CT molecular complexity index is 2010. The number of hydrogen-bond acceptors (Lipinski definition) is 6. The Morgan fingerprint density at radius 3 is 0.623 bits per heavy atom. The molecule has 0 aliphatic heterocycles. The molecule has 0 saturated heterocycles. The van der Waals surface area contributed by atoms with Crippen molar-refractivity contribution in [3.05, 3.63) is 118 Å². The van der Waals surface area contributed by atoms with Crippen molar-refractivity contribution in [1.82, 2.24) is 13.7 Å². The van der Waals surface area contributed by atoms with Gasteiger partial charge in [0.2, 0.25) is 0 Å². The molecular weight excluding hydrogens is 859 g/mol. The summed E-state index contributed by atoms with van der Waals surface area (Å²) in [5.41, 5.74) is 5.00. The van der Waals surface area contributed by atoms with Crippen LogP contribution in [-0.2, 0) is 58.2 Å². The fourth-order valence-corrected chi connectivity index (χ4v) is 9.75. The molecule has 0 aliphatic carbocycles. The number of nitrogens with zero attached hydrogens (tertiary/aromatic N) is 3. The summed E-state index contributed by atoms with van der Waals surface area (Å²) in [5.74, 6) is 3.97. The van der Waals surface area contributed by atoms with E-state index in [9.17, 15) is 29.7 Å². The Hall–Kier alpha value is -4.53. The summed E-state index contributed by atoms with van der Waals surface area (Å²) < 4.78 is 3.60. The lowest BCUT2D eigenvalue weighted by atomic mass is 9.94. The van der Waals surface area contributed by atoms with E-state index in [2.05, 4.69) is 83.1 Å². The summed E-state index contributed by atoms with van der Waals surface area (Å²) in [7, 11) is 0. The molecule has 0 fully saturated rings. The van der Waals surface area contributed by atoms with Gasteiger partial charge in [-0.15, -0.1) is 0 Å². The molecule has 1 heterocycles. The third-order valence-corrected chi connectivity index (χ3v) is 13.8. The molecular formula is C60H93N3O6. The zero-order valence-corrected chi connectivity index (χ0v) is 45.2. The van der Waals surface area contributed by atoms with Crippen molar-refractivity contribution in [1.29, 1.82) is 0 Å². The molecule has 0 amide bonds. The van der Waals surface area contributed by atoms with Gasteiger partial charge in [0.25, 0.3) is 0 Å². The van der Waals surface area contributed by atoms with Gasteiger partial charge in [-0.25, -0.2) is 28.1 Å². The summed E-state index contributed by atoms with van der Waals surface area (Å²) in [6.07, 6.45) is 15.5. The highest BCUT2D eigenvalue weighted by molar-refractivity contribution is 5.46. The average Bonchev–Trinajstić information content (AvgIpc) is 3.26. The minimum absolute atomic E-state index is 0.0699.